The van der Waals surface area contributed by atoms with Crippen LogP contribution in [-0.4, -0.2) is 12.3 Å². The smallest absolute Gasteiger partial charge is 0.173 e. The topological polar surface area (TPSA) is 42.2 Å². The normalized spacial score (nSPS) is 18.2. The maximum atomic E-state index is 12.3. The summed E-state index contributed by atoms with van der Waals surface area (Å²) in [5.74, 6) is 0.0951. The number of carbonyl (C=O) groups excluding carboxylic acids is 1. The molecule has 1 unspecified atom stereocenters. The van der Waals surface area contributed by atoms with Crippen LogP contribution in [0.5, 0.6) is 0 Å². The first-order valence-electron chi connectivity index (χ1n) is 5.75. The number of nitrogens with one attached hydrogen (secondary N) is 1. The first-order valence-corrected chi connectivity index (χ1v) is 5.75. The molecular formula is C14H13NO2. The Kier molecular flexibility index (Phi) is 2.44. The maximum Gasteiger partial charge on any atom is 0.173 e. The maximum absolute atomic E-state index is 12.3. The van der Waals surface area contributed by atoms with Crippen molar-refractivity contribution in [2.75, 3.05) is 11.9 Å². The van der Waals surface area contributed by atoms with Gasteiger partial charge in [-0.25, -0.2) is 0 Å². The molecule has 17 heavy (non-hydrogen) atoms. The molecule has 0 spiro atoms. The summed E-state index contributed by atoms with van der Waals surface area (Å²) in [6.45, 7) is 0.839. The highest BCUT2D eigenvalue weighted by Crippen LogP contribution is 2.33. The van der Waals surface area contributed by atoms with Gasteiger partial charge in [0.2, 0.25) is 0 Å². The van der Waals surface area contributed by atoms with E-state index in [-0.39, 0.29) is 11.7 Å². The number of fused-ring (bicyclic) bond motifs is 1. The third kappa shape index (κ3) is 1.73. The van der Waals surface area contributed by atoms with Crippen LogP contribution in [-0.2, 0) is 0 Å². The Bertz CT molecular complexity index is 531. The van der Waals surface area contributed by atoms with Crippen molar-refractivity contribution in [3.05, 3.63) is 54.0 Å². The molecule has 0 fully saturated rings. The van der Waals surface area contributed by atoms with E-state index in [1.807, 2.05) is 24.3 Å². The Hall–Kier alpha value is -2.03. The van der Waals surface area contributed by atoms with Crippen molar-refractivity contribution < 1.29 is 9.21 Å². The fraction of sp³-hybridized carbons (Fsp3) is 0.214. The predicted octanol–water partition coefficient (Wildman–Crippen LogP) is 3.06. The Morgan fingerprint density at radius 3 is 3.00 bits per heavy atom. The van der Waals surface area contributed by atoms with Crippen molar-refractivity contribution in [1.82, 2.24) is 0 Å². The first-order chi connectivity index (χ1) is 8.36. The quantitative estimate of drug-likeness (QED) is 0.802. The summed E-state index contributed by atoms with van der Waals surface area (Å²) in [5.41, 5.74) is 2.82. The SMILES string of the molecule is O=C(c1ccoc1)C1CCNc2ccccc21. The number of furan rings is 1. The van der Waals surface area contributed by atoms with Gasteiger partial charge in [-0.1, -0.05) is 18.2 Å². The minimum Gasteiger partial charge on any atom is -0.472 e. The van der Waals surface area contributed by atoms with E-state index in [0.29, 0.717) is 5.56 Å². The van der Waals surface area contributed by atoms with Crippen molar-refractivity contribution in [2.45, 2.75) is 12.3 Å². The largest absolute Gasteiger partial charge is 0.472 e. The minimum absolute atomic E-state index is 0.0509. The van der Waals surface area contributed by atoms with Gasteiger partial charge in [-0.05, 0) is 24.1 Å². The number of carbonyl (C=O) groups is 1. The zero-order chi connectivity index (χ0) is 11.7. The van der Waals surface area contributed by atoms with Crippen molar-refractivity contribution >= 4 is 11.5 Å². The fourth-order valence-corrected chi connectivity index (χ4v) is 2.35. The van der Waals surface area contributed by atoms with Crippen LogP contribution in [0, 0.1) is 0 Å². The van der Waals surface area contributed by atoms with Crippen LogP contribution in [0.15, 0.2) is 47.3 Å². The molecule has 2 heterocycles. The zero-order valence-electron chi connectivity index (χ0n) is 9.35. The van der Waals surface area contributed by atoms with Gasteiger partial charge in [0.1, 0.15) is 6.26 Å². The van der Waals surface area contributed by atoms with E-state index in [1.54, 1.807) is 12.3 Å². The summed E-state index contributed by atoms with van der Waals surface area (Å²) >= 11 is 0. The monoisotopic (exact) mass is 227 g/mol. The van der Waals surface area contributed by atoms with Gasteiger partial charge in [-0.15, -0.1) is 0 Å². The van der Waals surface area contributed by atoms with Gasteiger partial charge in [-0.3, -0.25) is 4.79 Å². The molecule has 3 rings (SSSR count). The fourth-order valence-electron chi connectivity index (χ4n) is 2.35. The molecule has 0 saturated heterocycles. The van der Waals surface area contributed by atoms with Crippen LogP contribution in [0.25, 0.3) is 0 Å². The summed E-state index contributed by atoms with van der Waals surface area (Å²) in [5, 5.41) is 3.32. The molecule has 1 N–H and O–H groups in total. The Morgan fingerprint density at radius 1 is 1.29 bits per heavy atom. The molecule has 1 aromatic carbocycles. The molecule has 0 aliphatic carbocycles. The van der Waals surface area contributed by atoms with Gasteiger partial charge in [0, 0.05) is 12.2 Å². The molecule has 1 aromatic heterocycles. The van der Waals surface area contributed by atoms with E-state index in [1.165, 1.54) is 6.26 Å². The van der Waals surface area contributed by atoms with E-state index in [0.717, 1.165) is 24.2 Å². The van der Waals surface area contributed by atoms with Crippen molar-refractivity contribution in [3.63, 3.8) is 0 Å². The van der Waals surface area contributed by atoms with Gasteiger partial charge < -0.3 is 9.73 Å². The standard InChI is InChI=1S/C14H13NO2/c16-14(10-6-8-17-9-10)12-5-7-15-13-4-2-1-3-11(12)13/h1-4,6,8-9,12,15H,5,7H2. The predicted molar refractivity (Wildman–Crippen MR) is 65.3 cm³/mol. The van der Waals surface area contributed by atoms with Crippen LogP contribution in [0.1, 0.15) is 28.3 Å². The lowest BCUT2D eigenvalue weighted by Gasteiger charge is -2.25. The van der Waals surface area contributed by atoms with Gasteiger partial charge in [0.25, 0.3) is 0 Å². The Labute approximate surface area is 99.4 Å². The van der Waals surface area contributed by atoms with Crippen LogP contribution >= 0.6 is 0 Å². The first kappa shape index (κ1) is 10.1. The third-order valence-corrected chi connectivity index (χ3v) is 3.21. The number of benzene rings is 1. The lowest BCUT2D eigenvalue weighted by atomic mass is 9.85. The molecule has 3 heteroatoms. The molecule has 3 nitrogen and oxygen atoms in total. The van der Waals surface area contributed by atoms with Gasteiger partial charge in [-0.2, -0.15) is 0 Å². The van der Waals surface area contributed by atoms with E-state index < -0.39 is 0 Å². The zero-order valence-corrected chi connectivity index (χ0v) is 9.35. The number of anilines is 1. The van der Waals surface area contributed by atoms with Crippen molar-refractivity contribution in [2.24, 2.45) is 0 Å². The number of hydrogen-bond acceptors (Lipinski definition) is 3. The second-order valence-corrected chi connectivity index (χ2v) is 4.23. The summed E-state index contributed by atoms with van der Waals surface area (Å²) < 4.78 is 4.98. The van der Waals surface area contributed by atoms with E-state index in [2.05, 4.69) is 5.32 Å². The molecule has 0 bridgehead atoms. The minimum atomic E-state index is -0.0509. The molecule has 1 aliphatic rings. The van der Waals surface area contributed by atoms with Crippen LogP contribution in [0.2, 0.25) is 0 Å². The lowest BCUT2D eigenvalue weighted by molar-refractivity contribution is 0.0955. The van der Waals surface area contributed by atoms with Gasteiger partial charge >= 0.3 is 0 Å². The molecule has 1 atom stereocenters. The highest BCUT2D eigenvalue weighted by molar-refractivity contribution is 6.01. The van der Waals surface area contributed by atoms with Crippen molar-refractivity contribution in [1.29, 1.82) is 0 Å². The highest BCUT2D eigenvalue weighted by Gasteiger charge is 2.27. The highest BCUT2D eigenvalue weighted by atomic mass is 16.3. The molecule has 86 valence electrons. The third-order valence-electron chi connectivity index (χ3n) is 3.21. The average molecular weight is 227 g/mol. The number of rotatable bonds is 2. The van der Waals surface area contributed by atoms with E-state index in [9.17, 15) is 4.79 Å². The molecule has 2 aromatic rings. The molecule has 0 saturated carbocycles. The van der Waals surface area contributed by atoms with Crippen LogP contribution < -0.4 is 5.32 Å². The summed E-state index contributed by atoms with van der Waals surface area (Å²) in [7, 11) is 0. The number of para-hydroxylation sites is 1. The second kappa shape index (κ2) is 4.09. The number of hydrogen-bond donors (Lipinski definition) is 1. The molecule has 0 amide bonds. The summed E-state index contributed by atoms with van der Waals surface area (Å²) in [4.78, 5) is 12.3. The lowest BCUT2D eigenvalue weighted by Crippen LogP contribution is -2.22. The molecule has 1 aliphatic heterocycles. The Balaban J connectivity index is 1.98. The van der Waals surface area contributed by atoms with E-state index in [4.69, 9.17) is 4.42 Å². The molecular weight excluding hydrogens is 214 g/mol. The van der Waals surface area contributed by atoms with Crippen LogP contribution in [0.4, 0.5) is 5.69 Å². The molecule has 0 radical (unpaired) electrons. The average Bonchev–Trinajstić information content (AvgIpc) is 2.91. The summed E-state index contributed by atoms with van der Waals surface area (Å²) in [6.07, 6.45) is 3.90. The van der Waals surface area contributed by atoms with Gasteiger partial charge in [0.15, 0.2) is 5.78 Å². The Morgan fingerprint density at radius 2 is 2.18 bits per heavy atom. The van der Waals surface area contributed by atoms with Crippen molar-refractivity contribution in [3.8, 4) is 0 Å². The van der Waals surface area contributed by atoms with Gasteiger partial charge in [0.05, 0.1) is 17.7 Å². The number of ketones is 1. The number of Topliss-reactive ketones (excluding diaryl/α,β-unsaturated/α-hetero) is 1. The summed E-state index contributed by atoms with van der Waals surface area (Å²) in [6, 6.07) is 9.72. The van der Waals surface area contributed by atoms with Crippen LogP contribution in [0.3, 0.4) is 0 Å². The second-order valence-electron chi connectivity index (χ2n) is 4.23. The van der Waals surface area contributed by atoms with E-state index >= 15 is 0 Å².